The molecule has 0 amide bonds. The van der Waals surface area contributed by atoms with Gasteiger partial charge in [0.05, 0.1) is 0 Å². The third-order valence-corrected chi connectivity index (χ3v) is 5.40. The first kappa shape index (κ1) is 15.3. The van der Waals surface area contributed by atoms with Gasteiger partial charge in [0.2, 0.25) is 0 Å². The average Bonchev–Trinajstić information content (AvgIpc) is 2.29. The van der Waals surface area contributed by atoms with E-state index in [0.29, 0.717) is 0 Å². The van der Waals surface area contributed by atoms with Crippen molar-refractivity contribution in [2.45, 2.75) is 76.5 Å². The molecule has 0 radical (unpaired) electrons. The highest BCUT2D eigenvalue weighted by Crippen LogP contribution is 2.35. The Bertz CT molecular complexity index is 274. The fourth-order valence-electron chi connectivity index (χ4n) is 3.78. The predicted octanol–water partition coefficient (Wildman–Crippen LogP) is 2.32. The fraction of sp³-hybridized carbons (Fsp3) is 1.00. The molecule has 19 heavy (non-hydrogen) atoms. The minimum atomic E-state index is 0.277. The minimum Gasteiger partial charge on any atom is -0.314 e. The van der Waals surface area contributed by atoms with Gasteiger partial charge < -0.3 is 10.2 Å². The Morgan fingerprint density at radius 2 is 1.74 bits per heavy atom. The Balaban J connectivity index is 2.02. The van der Waals surface area contributed by atoms with Crippen molar-refractivity contribution >= 4 is 0 Å². The number of likely N-dealkylation sites (N-methyl/N-ethyl adjacent to an activating group) is 1. The first-order valence-electron chi connectivity index (χ1n) is 8.10. The van der Waals surface area contributed by atoms with Gasteiger partial charge in [-0.1, -0.05) is 13.3 Å². The minimum absolute atomic E-state index is 0.277. The second kappa shape index (κ2) is 6.11. The van der Waals surface area contributed by atoms with E-state index in [-0.39, 0.29) is 5.54 Å². The molecular formula is C16H33N3. The van der Waals surface area contributed by atoms with Gasteiger partial charge >= 0.3 is 0 Å². The second-order valence-corrected chi connectivity index (χ2v) is 7.34. The Hall–Kier alpha value is -0.120. The monoisotopic (exact) mass is 267 g/mol. The summed E-state index contributed by atoms with van der Waals surface area (Å²) in [4.78, 5) is 5.20. The van der Waals surface area contributed by atoms with E-state index in [0.717, 1.165) is 24.7 Å². The molecule has 2 atom stereocenters. The van der Waals surface area contributed by atoms with Crippen molar-refractivity contribution in [2.75, 3.05) is 27.2 Å². The van der Waals surface area contributed by atoms with Gasteiger partial charge in [0.15, 0.2) is 0 Å². The maximum absolute atomic E-state index is 3.68. The number of hydrogen-bond acceptors (Lipinski definition) is 3. The van der Waals surface area contributed by atoms with Crippen LogP contribution >= 0.6 is 0 Å². The van der Waals surface area contributed by atoms with Crippen LogP contribution in [0, 0.1) is 0 Å². The summed E-state index contributed by atoms with van der Waals surface area (Å²) in [7, 11) is 4.42. The number of hydrogen-bond donors (Lipinski definition) is 1. The van der Waals surface area contributed by atoms with Crippen molar-refractivity contribution in [3.8, 4) is 0 Å². The number of nitrogens with zero attached hydrogens (tertiary/aromatic N) is 2. The zero-order chi connectivity index (χ0) is 14.0. The largest absolute Gasteiger partial charge is 0.314 e. The summed E-state index contributed by atoms with van der Waals surface area (Å²) in [5.74, 6) is 0. The maximum Gasteiger partial charge on any atom is 0.0274 e. The molecule has 0 aromatic rings. The normalized spacial score (nSPS) is 32.8. The first-order chi connectivity index (χ1) is 8.94. The van der Waals surface area contributed by atoms with Crippen molar-refractivity contribution < 1.29 is 0 Å². The summed E-state index contributed by atoms with van der Waals surface area (Å²) in [5, 5.41) is 3.68. The molecule has 3 nitrogen and oxygen atoms in total. The molecule has 112 valence electrons. The summed E-state index contributed by atoms with van der Waals surface area (Å²) in [6.07, 6.45) is 6.96. The summed E-state index contributed by atoms with van der Waals surface area (Å²) >= 11 is 0. The van der Waals surface area contributed by atoms with Gasteiger partial charge in [-0.15, -0.1) is 0 Å². The molecule has 0 aromatic heterocycles. The van der Waals surface area contributed by atoms with Gasteiger partial charge in [0.1, 0.15) is 0 Å². The first-order valence-corrected chi connectivity index (χ1v) is 8.10. The highest BCUT2D eigenvalue weighted by Gasteiger charge is 2.40. The summed E-state index contributed by atoms with van der Waals surface area (Å²) in [6, 6.07) is 2.39. The SMILES string of the molecule is CCNC1CC2CCCC(C1)N2CC(C)(C)N(C)C. The number of rotatable bonds is 5. The van der Waals surface area contributed by atoms with Gasteiger partial charge in [-0.3, -0.25) is 4.90 Å². The number of nitrogens with one attached hydrogen (secondary N) is 1. The Morgan fingerprint density at radius 3 is 2.21 bits per heavy atom. The van der Waals surface area contributed by atoms with E-state index in [9.17, 15) is 0 Å². The van der Waals surface area contributed by atoms with Crippen molar-refractivity contribution in [1.29, 1.82) is 0 Å². The van der Waals surface area contributed by atoms with E-state index in [1.165, 1.54) is 38.6 Å². The van der Waals surface area contributed by atoms with Gasteiger partial charge in [0.25, 0.3) is 0 Å². The Morgan fingerprint density at radius 1 is 1.16 bits per heavy atom. The molecule has 2 aliphatic rings. The van der Waals surface area contributed by atoms with Crippen LogP contribution in [0.15, 0.2) is 0 Å². The Labute approximate surface area is 119 Å². The molecule has 3 heteroatoms. The molecule has 0 saturated carbocycles. The molecule has 0 aromatic carbocycles. The van der Waals surface area contributed by atoms with E-state index < -0.39 is 0 Å². The molecule has 1 N–H and O–H groups in total. The topological polar surface area (TPSA) is 18.5 Å². The van der Waals surface area contributed by atoms with Crippen molar-refractivity contribution in [3.05, 3.63) is 0 Å². The van der Waals surface area contributed by atoms with Gasteiger partial charge in [-0.2, -0.15) is 0 Å². The van der Waals surface area contributed by atoms with Crippen LogP contribution in [-0.4, -0.2) is 60.6 Å². The molecular weight excluding hydrogens is 234 g/mol. The summed E-state index contributed by atoms with van der Waals surface area (Å²) in [6.45, 7) is 9.32. The lowest BCUT2D eigenvalue weighted by atomic mass is 9.80. The zero-order valence-electron chi connectivity index (χ0n) is 13.6. The van der Waals surface area contributed by atoms with E-state index >= 15 is 0 Å². The lowest BCUT2D eigenvalue weighted by Gasteiger charge is -2.52. The van der Waals surface area contributed by atoms with Gasteiger partial charge in [0, 0.05) is 30.2 Å². The van der Waals surface area contributed by atoms with Crippen LogP contribution in [0.25, 0.3) is 0 Å². The standard InChI is InChI=1S/C16H33N3/c1-6-17-13-10-14-8-7-9-15(11-13)19(14)12-16(2,3)18(4)5/h13-15,17H,6-12H2,1-5H3. The number of fused-ring (bicyclic) bond motifs is 2. The molecule has 0 aliphatic carbocycles. The highest BCUT2D eigenvalue weighted by atomic mass is 15.3. The molecule has 0 spiro atoms. The van der Waals surface area contributed by atoms with Crippen molar-refractivity contribution in [3.63, 3.8) is 0 Å². The van der Waals surface area contributed by atoms with E-state index in [1.54, 1.807) is 0 Å². The van der Waals surface area contributed by atoms with E-state index in [4.69, 9.17) is 0 Å². The van der Waals surface area contributed by atoms with Crippen LogP contribution in [0.3, 0.4) is 0 Å². The van der Waals surface area contributed by atoms with Crippen molar-refractivity contribution in [2.24, 2.45) is 0 Å². The zero-order valence-corrected chi connectivity index (χ0v) is 13.6. The Kier molecular flexibility index (Phi) is 4.91. The van der Waals surface area contributed by atoms with Crippen LogP contribution in [0.4, 0.5) is 0 Å². The van der Waals surface area contributed by atoms with Crippen LogP contribution in [-0.2, 0) is 0 Å². The molecule has 2 aliphatic heterocycles. The molecule has 2 unspecified atom stereocenters. The fourth-order valence-corrected chi connectivity index (χ4v) is 3.78. The third kappa shape index (κ3) is 3.50. The third-order valence-electron chi connectivity index (χ3n) is 5.40. The van der Waals surface area contributed by atoms with Crippen LogP contribution in [0.2, 0.25) is 0 Å². The highest BCUT2D eigenvalue weighted by molar-refractivity contribution is 4.97. The quantitative estimate of drug-likeness (QED) is 0.825. The second-order valence-electron chi connectivity index (χ2n) is 7.34. The van der Waals surface area contributed by atoms with Gasteiger partial charge in [-0.05, 0) is 60.2 Å². The van der Waals surface area contributed by atoms with E-state index in [2.05, 4.69) is 50.0 Å². The molecule has 2 bridgehead atoms. The molecule has 2 rings (SSSR count). The summed E-state index contributed by atoms with van der Waals surface area (Å²) in [5.41, 5.74) is 0.277. The smallest absolute Gasteiger partial charge is 0.0274 e. The summed E-state index contributed by atoms with van der Waals surface area (Å²) < 4.78 is 0. The van der Waals surface area contributed by atoms with E-state index in [1.807, 2.05) is 0 Å². The van der Waals surface area contributed by atoms with Gasteiger partial charge in [-0.25, -0.2) is 0 Å². The van der Waals surface area contributed by atoms with Crippen LogP contribution in [0.1, 0.15) is 52.9 Å². The lowest BCUT2D eigenvalue weighted by molar-refractivity contribution is -0.0108. The molecule has 2 fully saturated rings. The average molecular weight is 267 g/mol. The van der Waals surface area contributed by atoms with Crippen molar-refractivity contribution in [1.82, 2.24) is 15.1 Å². The van der Waals surface area contributed by atoms with Crippen LogP contribution in [0.5, 0.6) is 0 Å². The predicted molar refractivity (Wildman–Crippen MR) is 82.6 cm³/mol. The molecule has 2 saturated heterocycles. The molecule has 2 heterocycles. The van der Waals surface area contributed by atoms with Crippen LogP contribution < -0.4 is 5.32 Å². The number of piperidine rings is 2. The lowest BCUT2D eigenvalue weighted by Crippen LogP contribution is -2.61. The maximum atomic E-state index is 3.68.